The Morgan fingerprint density at radius 3 is 2.56 bits per heavy atom. The summed E-state index contributed by atoms with van der Waals surface area (Å²) in [6.07, 6.45) is 6.08. The molecular formula is C22H30N2O3. The summed E-state index contributed by atoms with van der Waals surface area (Å²) in [6.45, 7) is 12.4. The number of carbonyl (C=O) groups excluding carboxylic acids is 1. The molecule has 0 aromatic heterocycles. The van der Waals surface area contributed by atoms with Crippen molar-refractivity contribution in [2.75, 3.05) is 6.79 Å². The molecule has 0 bridgehead atoms. The van der Waals surface area contributed by atoms with Gasteiger partial charge in [-0.1, -0.05) is 46.4 Å². The molecule has 1 aromatic carbocycles. The van der Waals surface area contributed by atoms with E-state index < -0.39 is 5.41 Å². The van der Waals surface area contributed by atoms with Gasteiger partial charge in [0.2, 0.25) is 12.7 Å². The van der Waals surface area contributed by atoms with Gasteiger partial charge in [0.15, 0.2) is 11.5 Å². The predicted octanol–water partition coefficient (Wildman–Crippen LogP) is 4.00. The molecule has 0 spiro atoms. The van der Waals surface area contributed by atoms with Crippen molar-refractivity contribution in [1.82, 2.24) is 10.6 Å². The van der Waals surface area contributed by atoms with E-state index in [1.165, 1.54) is 0 Å². The molecular weight excluding hydrogens is 340 g/mol. The third-order valence-corrected chi connectivity index (χ3v) is 5.28. The first kappa shape index (κ1) is 19.3. The molecule has 3 rings (SSSR count). The van der Waals surface area contributed by atoms with E-state index >= 15 is 0 Å². The Hall–Kier alpha value is -2.43. The van der Waals surface area contributed by atoms with Crippen LogP contribution in [0.3, 0.4) is 0 Å². The molecule has 5 heteroatoms. The van der Waals surface area contributed by atoms with E-state index in [0.29, 0.717) is 0 Å². The molecule has 1 fully saturated rings. The minimum absolute atomic E-state index is 0.0582. The Labute approximate surface area is 161 Å². The van der Waals surface area contributed by atoms with Gasteiger partial charge in [-0.05, 0) is 43.0 Å². The maximum atomic E-state index is 13.2. The second-order valence-corrected chi connectivity index (χ2v) is 8.35. The van der Waals surface area contributed by atoms with Gasteiger partial charge in [0.1, 0.15) is 6.17 Å². The minimum Gasteiger partial charge on any atom is -0.454 e. The van der Waals surface area contributed by atoms with Gasteiger partial charge in [-0.2, -0.15) is 0 Å². The van der Waals surface area contributed by atoms with Crippen molar-refractivity contribution in [2.45, 2.75) is 58.5 Å². The Kier molecular flexibility index (Phi) is 5.22. The van der Waals surface area contributed by atoms with Crippen molar-refractivity contribution in [2.24, 2.45) is 5.41 Å². The second kappa shape index (κ2) is 7.29. The van der Waals surface area contributed by atoms with E-state index in [9.17, 15) is 4.79 Å². The second-order valence-electron chi connectivity index (χ2n) is 8.35. The highest BCUT2D eigenvalue weighted by Gasteiger charge is 2.52. The van der Waals surface area contributed by atoms with Crippen LogP contribution in [0.25, 0.3) is 0 Å². The number of fused-ring (bicyclic) bond motifs is 1. The van der Waals surface area contributed by atoms with Crippen molar-refractivity contribution in [3.63, 3.8) is 0 Å². The molecule has 5 nitrogen and oxygen atoms in total. The van der Waals surface area contributed by atoms with Crippen molar-refractivity contribution < 1.29 is 14.3 Å². The standard InChI is InChI=1S/C22H30N2O3/c1-6-8-16(7-2)23-19(21(3,4)5)24-20(25)22(11-12-22)15-9-10-17-18(13-15)27-14-26-17/h6,8-10,13,19,23H,1,7,11-12,14H2,2-5H3,(H,24,25)/b16-8+. The Morgan fingerprint density at radius 1 is 1.26 bits per heavy atom. The van der Waals surface area contributed by atoms with Crippen LogP contribution in [-0.4, -0.2) is 18.9 Å². The maximum Gasteiger partial charge on any atom is 0.232 e. The summed E-state index contributed by atoms with van der Waals surface area (Å²) in [5.41, 5.74) is 1.43. The van der Waals surface area contributed by atoms with E-state index in [1.54, 1.807) is 6.08 Å². The highest BCUT2D eigenvalue weighted by molar-refractivity contribution is 5.91. The summed E-state index contributed by atoms with van der Waals surface area (Å²) in [5, 5.41) is 6.73. The number of rotatable bonds is 7. The molecule has 1 saturated carbocycles. The number of allylic oxidation sites excluding steroid dienone is 3. The van der Waals surface area contributed by atoms with Gasteiger partial charge in [0.25, 0.3) is 0 Å². The number of ether oxygens (including phenoxy) is 2. The van der Waals surface area contributed by atoms with E-state index in [0.717, 1.165) is 42.0 Å². The average Bonchev–Trinajstić information content (AvgIpc) is 3.30. The van der Waals surface area contributed by atoms with Gasteiger partial charge in [-0.25, -0.2) is 0 Å². The number of hydrogen-bond acceptors (Lipinski definition) is 4. The zero-order valence-electron chi connectivity index (χ0n) is 16.7. The van der Waals surface area contributed by atoms with Crippen molar-refractivity contribution in [3.8, 4) is 11.5 Å². The number of hydrogen-bond donors (Lipinski definition) is 2. The molecule has 1 aliphatic carbocycles. The largest absolute Gasteiger partial charge is 0.454 e. The zero-order chi connectivity index (χ0) is 19.7. The molecule has 0 radical (unpaired) electrons. The Morgan fingerprint density at radius 2 is 1.96 bits per heavy atom. The van der Waals surface area contributed by atoms with E-state index in [2.05, 4.69) is 44.9 Å². The number of nitrogens with one attached hydrogen (secondary N) is 2. The van der Waals surface area contributed by atoms with Gasteiger partial charge in [-0.15, -0.1) is 0 Å². The topological polar surface area (TPSA) is 59.6 Å². The molecule has 2 N–H and O–H groups in total. The lowest BCUT2D eigenvalue weighted by molar-refractivity contribution is -0.125. The highest BCUT2D eigenvalue weighted by atomic mass is 16.7. The molecule has 1 aliphatic heterocycles. The number of benzene rings is 1. The Balaban J connectivity index is 1.79. The van der Waals surface area contributed by atoms with E-state index in [-0.39, 0.29) is 24.3 Å². The third kappa shape index (κ3) is 3.97. The smallest absolute Gasteiger partial charge is 0.232 e. The summed E-state index contributed by atoms with van der Waals surface area (Å²) in [5.74, 6) is 1.52. The van der Waals surface area contributed by atoms with Gasteiger partial charge in [0, 0.05) is 11.1 Å². The van der Waals surface area contributed by atoms with Crippen LogP contribution >= 0.6 is 0 Å². The predicted molar refractivity (Wildman–Crippen MR) is 107 cm³/mol. The molecule has 1 amide bonds. The zero-order valence-corrected chi connectivity index (χ0v) is 16.7. The maximum absolute atomic E-state index is 13.2. The van der Waals surface area contributed by atoms with Crippen molar-refractivity contribution in [1.29, 1.82) is 0 Å². The molecule has 2 aliphatic rings. The normalized spacial score (nSPS) is 18.6. The lowest BCUT2D eigenvalue weighted by Gasteiger charge is -2.35. The van der Waals surface area contributed by atoms with Gasteiger partial charge < -0.3 is 20.1 Å². The highest BCUT2D eigenvalue weighted by Crippen LogP contribution is 2.50. The van der Waals surface area contributed by atoms with Crippen LogP contribution in [0.1, 0.15) is 52.5 Å². The van der Waals surface area contributed by atoms with Gasteiger partial charge >= 0.3 is 0 Å². The number of carbonyl (C=O) groups is 1. The van der Waals surface area contributed by atoms with Crippen LogP contribution < -0.4 is 20.1 Å². The lowest BCUT2D eigenvalue weighted by atomic mass is 9.89. The molecule has 0 saturated heterocycles. The molecule has 146 valence electrons. The van der Waals surface area contributed by atoms with Crippen LogP contribution in [0.5, 0.6) is 11.5 Å². The summed E-state index contributed by atoms with van der Waals surface area (Å²) < 4.78 is 10.9. The first-order chi connectivity index (χ1) is 12.8. The fraction of sp³-hybridized carbons (Fsp3) is 0.500. The van der Waals surface area contributed by atoms with Crippen LogP contribution in [-0.2, 0) is 10.2 Å². The number of amides is 1. The first-order valence-electron chi connectivity index (χ1n) is 9.59. The molecule has 1 heterocycles. The van der Waals surface area contributed by atoms with Crippen LogP contribution in [0.15, 0.2) is 42.6 Å². The third-order valence-electron chi connectivity index (χ3n) is 5.28. The van der Waals surface area contributed by atoms with Crippen LogP contribution in [0.2, 0.25) is 0 Å². The average molecular weight is 370 g/mol. The van der Waals surface area contributed by atoms with E-state index in [4.69, 9.17) is 9.47 Å². The van der Waals surface area contributed by atoms with Gasteiger partial charge in [0.05, 0.1) is 5.41 Å². The van der Waals surface area contributed by atoms with Crippen molar-refractivity contribution in [3.05, 3.63) is 48.2 Å². The SMILES string of the molecule is C=C/C=C(\CC)NC(NC(=O)C1(c2ccc3c(c2)OCO3)CC1)C(C)(C)C. The summed E-state index contributed by atoms with van der Waals surface area (Å²) in [7, 11) is 0. The summed E-state index contributed by atoms with van der Waals surface area (Å²) in [4.78, 5) is 13.2. The molecule has 1 atom stereocenters. The molecule has 1 unspecified atom stereocenters. The molecule has 27 heavy (non-hydrogen) atoms. The quantitative estimate of drug-likeness (QED) is 0.562. The summed E-state index contributed by atoms with van der Waals surface area (Å²) in [6, 6.07) is 5.82. The lowest BCUT2D eigenvalue weighted by Crippen LogP contribution is -2.55. The van der Waals surface area contributed by atoms with Crippen LogP contribution in [0.4, 0.5) is 0 Å². The van der Waals surface area contributed by atoms with Gasteiger partial charge in [-0.3, -0.25) is 4.79 Å². The monoisotopic (exact) mass is 370 g/mol. The summed E-state index contributed by atoms with van der Waals surface area (Å²) >= 11 is 0. The molecule has 1 aromatic rings. The Bertz CT molecular complexity index is 757. The minimum atomic E-state index is -0.472. The fourth-order valence-electron chi connectivity index (χ4n) is 3.30. The van der Waals surface area contributed by atoms with Crippen LogP contribution in [0, 0.1) is 5.41 Å². The van der Waals surface area contributed by atoms with E-state index in [1.807, 2.05) is 24.3 Å². The fourth-order valence-corrected chi connectivity index (χ4v) is 3.30. The first-order valence-corrected chi connectivity index (χ1v) is 9.59. The van der Waals surface area contributed by atoms with Crippen molar-refractivity contribution >= 4 is 5.91 Å².